The van der Waals surface area contributed by atoms with E-state index in [2.05, 4.69) is 5.32 Å². The van der Waals surface area contributed by atoms with Crippen molar-refractivity contribution in [3.63, 3.8) is 0 Å². The second-order valence-corrected chi connectivity index (χ2v) is 4.88. The minimum Gasteiger partial charge on any atom is -0.376 e. The molecule has 112 valence electrons. The van der Waals surface area contributed by atoms with Gasteiger partial charge in [-0.15, -0.1) is 0 Å². The summed E-state index contributed by atoms with van der Waals surface area (Å²) in [6, 6.07) is 15.3. The summed E-state index contributed by atoms with van der Waals surface area (Å²) in [4.78, 5) is 13.5. The molecule has 0 fully saturated rings. The second kappa shape index (κ2) is 7.23. The fourth-order valence-electron chi connectivity index (χ4n) is 1.95. The van der Waals surface area contributed by atoms with Gasteiger partial charge in [-0.05, 0) is 30.3 Å². The molecule has 2 rings (SSSR count). The number of nitrogens with one attached hydrogen (secondary N) is 1. The van der Waals surface area contributed by atoms with Gasteiger partial charge in [0.1, 0.15) is 5.82 Å². The first-order valence-corrected chi connectivity index (χ1v) is 6.81. The van der Waals surface area contributed by atoms with Crippen LogP contribution in [0.25, 0.3) is 0 Å². The molecule has 1 N–H and O–H groups in total. The third kappa shape index (κ3) is 4.06. The van der Waals surface area contributed by atoms with Crippen LogP contribution in [0, 0.1) is 17.1 Å². The Labute approximate surface area is 128 Å². The summed E-state index contributed by atoms with van der Waals surface area (Å²) in [7, 11) is 1.63. The second-order valence-electron chi connectivity index (χ2n) is 4.88. The predicted octanol–water partition coefficient (Wildman–Crippen LogP) is 2.77. The van der Waals surface area contributed by atoms with Gasteiger partial charge in [-0.2, -0.15) is 5.26 Å². The molecule has 0 aliphatic heterocycles. The van der Waals surface area contributed by atoms with E-state index in [1.165, 1.54) is 11.0 Å². The first kappa shape index (κ1) is 15.5. The van der Waals surface area contributed by atoms with E-state index < -0.39 is 0 Å². The van der Waals surface area contributed by atoms with E-state index >= 15 is 0 Å². The van der Waals surface area contributed by atoms with Gasteiger partial charge in [-0.25, -0.2) is 4.39 Å². The molecule has 0 aromatic heterocycles. The zero-order valence-corrected chi connectivity index (χ0v) is 12.2. The summed E-state index contributed by atoms with van der Waals surface area (Å²) in [6.45, 7) is 0.331. The highest BCUT2D eigenvalue weighted by molar-refractivity contribution is 5.80. The normalized spacial score (nSPS) is 9.86. The summed E-state index contributed by atoms with van der Waals surface area (Å²) in [5, 5.41) is 11.7. The molecule has 0 aliphatic carbocycles. The van der Waals surface area contributed by atoms with Crippen LogP contribution in [-0.4, -0.2) is 24.4 Å². The van der Waals surface area contributed by atoms with Crippen LogP contribution < -0.4 is 5.32 Å². The van der Waals surface area contributed by atoms with Gasteiger partial charge in [0.05, 0.1) is 18.2 Å². The molecule has 2 aromatic carbocycles. The number of halogens is 1. The van der Waals surface area contributed by atoms with Crippen molar-refractivity contribution in [1.29, 1.82) is 5.26 Å². The lowest BCUT2D eigenvalue weighted by Gasteiger charge is -2.18. The molecule has 0 heterocycles. The number of nitriles is 1. The molecule has 0 radical (unpaired) electrons. The van der Waals surface area contributed by atoms with E-state index in [0.717, 1.165) is 5.69 Å². The minimum absolute atomic E-state index is 0.108. The number of carbonyl (C=O) groups excluding carboxylic acids is 1. The lowest BCUT2D eigenvalue weighted by Crippen LogP contribution is -2.32. The van der Waals surface area contributed by atoms with E-state index in [1.807, 2.05) is 6.07 Å². The van der Waals surface area contributed by atoms with Crippen molar-refractivity contribution in [2.75, 3.05) is 18.9 Å². The van der Waals surface area contributed by atoms with Crippen LogP contribution in [0.2, 0.25) is 0 Å². The number of likely N-dealkylation sites (N-methyl/N-ethyl adjacent to an activating group) is 1. The lowest BCUT2D eigenvalue weighted by atomic mass is 10.2. The van der Waals surface area contributed by atoms with Crippen LogP contribution >= 0.6 is 0 Å². The highest BCUT2D eigenvalue weighted by Crippen LogP contribution is 2.10. The average Bonchev–Trinajstić information content (AvgIpc) is 2.55. The molecule has 0 saturated carbocycles. The Balaban J connectivity index is 1.88. The monoisotopic (exact) mass is 297 g/mol. The zero-order valence-electron chi connectivity index (χ0n) is 12.2. The van der Waals surface area contributed by atoms with Crippen LogP contribution in [0.3, 0.4) is 0 Å². The fourth-order valence-corrected chi connectivity index (χ4v) is 1.95. The van der Waals surface area contributed by atoms with E-state index in [1.54, 1.807) is 49.5 Å². The fraction of sp³-hybridized carbons (Fsp3) is 0.176. The summed E-state index contributed by atoms with van der Waals surface area (Å²) >= 11 is 0. The molecule has 0 aliphatic rings. The van der Waals surface area contributed by atoms with Gasteiger partial charge in [-0.1, -0.05) is 18.2 Å². The number of hydrogen-bond donors (Lipinski definition) is 1. The third-order valence-electron chi connectivity index (χ3n) is 3.25. The number of benzene rings is 2. The Kier molecular flexibility index (Phi) is 5.10. The quantitative estimate of drug-likeness (QED) is 0.923. The van der Waals surface area contributed by atoms with E-state index in [9.17, 15) is 9.18 Å². The number of nitrogens with zero attached hydrogens (tertiary/aromatic N) is 2. The first-order chi connectivity index (χ1) is 10.6. The Morgan fingerprint density at radius 2 is 1.91 bits per heavy atom. The van der Waals surface area contributed by atoms with Gasteiger partial charge >= 0.3 is 0 Å². The van der Waals surface area contributed by atoms with Crippen LogP contribution in [-0.2, 0) is 11.3 Å². The van der Waals surface area contributed by atoms with Crippen molar-refractivity contribution in [3.05, 3.63) is 65.5 Å². The molecule has 4 nitrogen and oxygen atoms in total. The van der Waals surface area contributed by atoms with Crippen molar-refractivity contribution in [3.8, 4) is 6.07 Å². The molecule has 0 atom stereocenters. The largest absolute Gasteiger partial charge is 0.376 e. The molecule has 1 amide bonds. The number of hydrogen-bond acceptors (Lipinski definition) is 3. The number of carbonyl (C=O) groups is 1. The molecule has 0 saturated heterocycles. The summed E-state index contributed by atoms with van der Waals surface area (Å²) < 4.78 is 13.6. The van der Waals surface area contributed by atoms with Gasteiger partial charge in [0, 0.05) is 24.8 Å². The topological polar surface area (TPSA) is 56.1 Å². The Bertz CT molecular complexity index is 692. The molecule has 2 aromatic rings. The predicted molar refractivity (Wildman–Crippen MR) is 82.5 cm³/mol. The molecular weight excluding hydrogens is 281 g/mol. The lowest BCUT2D eigenvalue weighted by molar-refractivity contribution is -0.128. The first-order valence-electron chi connectivity index (χ1n) is 6.81. The molecule has 0 bridgehead atoms. The van der Waals surface area contributed by atoms with Crippen molar-refractivity contribution >= 4 is 11.6 Å². The smallest absolute Gasteiger partial charge is 0.241 e. The Morgan fingerprint density at radius 3 is 2.55 bits per heavy atom. The Morgan fingerprint density at radius 1 is 1.23 bits per heavy atom. The van der Waals surface area contributed by atoms with E-state index in [4.69, 9.17) is 5.26 Å². The average molecular weight is 297 g/mol. The maximum absolute atomic E-state index is 13.6. The van der Waals surface area contributed by atoms with Gasteiger partial charge in [-0.3, -0.25) is 4.79 Å². The minimum atomic E-state index is -0.317. The van der Waals surface area contributed by atoms with Crippen LogP contribution in [0.4, 0.5) is 10.1 Å². The third-order valence-corrected chi connectivity index (χ3v) is 3.25. The van der Waals surface area contributed by atoms with Crippen molar-refractivity contribution in [2.45, 2.75) is 6.54 Å². The van der Waals surface area contributed by atoms with Crippen molar-refractivity contribution in [2.24, 2.45) is 0 Å². The van der Waals surface area contributed by atoms with Crippen LogP contribution in [0.1, 0.15) is 11.1 Å². The summed E-state index contributed by atoms with van der Waals surface area (Å²) in [6.07, 6.45) is 0. The molecule has 0 unspecified atom stereocenters. The molecule has 22 heavy (non-hydrogen) atoms. The maximum atomic E-state index is 13.6. The molecule has 5 heteroatoms. The van der Waals surface area contributed by atoms with Gasteiger partial charge in [0.2, 0.25) is 5.91 Å². The standard InChI is InChI=1S/C17H16FN3O/c1-21(12-14-4-2-3-5-16(14)18)17(22)11-20-15-8-6-13(10-19)7-9-15/h2-9,20H,11-12H2,1H3. The van der Waals surface area contributed by atoms with Crippen molar-refractivity contribution < 1.29 is 9.18 Å². The SMILES string of the molecule is CN(Cc1ccccc1F)C(=O)CNc1ccc(C#N)cc1. The molecular formula is C17H16FN3O. The van der Waals surface area contributed by atoms with Gasteiger partial charge in [0.25, 0.3) is 0 Å². The summed E-state index contributed by atoms with van der Waals surface area (Å²) in [5.74, 6) is -0.463. The number of amides is 1. The van der Waals surface area contributed by atoms with E-state index in [0.29, 0.717) is 11.1 Å². The highest BCUT2D eigenvalue weighted by atomic mass is 19.1. The highest BCUT2D eigenvalue weighted by Gasteiger charge is 2.11. The zero-order chi connectivity index (χ0) is 15.9. The Hall–Kier alpha value is -2.87. The molecule has 0 spiro atoms. The number of anilines is 1. The van der Waals surface area contributed by atoms with Crippen LogP contribution in [0.5, 0.6) is 0 Å². The maximum Gasteiger partial charge on any atom is 0.241 e. The van der Waals surface area contributed by atoms with Gasteiger partial charge < -0.3 is 10.2 Å². The van der Waals surface area contributed by atoms with Crippen LogP contribution in [0.15, 0.2) is 48.5 Å². The van der Waals surface area contributed by atoms with Crippen molar-refractivity contribution in [1.82, 2.24) is 4.90 Å². The van der Waals surface area contributed by atoms with E-state index in [-0.39, 0.29) is 24.8 Å². The van der Waals surface area contributed by atoms with Gasteiger partial charge in [0.15, 0.2) is 0 Å². The summed E-state index contributed by atoms with van der Waals surface area (Å²) in [5.41, 5.74) is 1.80. The number of rotatable bonds is 5.